The zero-order valence-electron chi connectivity index (χ0n) is 10.9. The van der Waals surface area contributed by atoms with E-state index in [1.165, 1.54) is 0 Å². The monoisotopic (exact) mass is 296 g/mol. The standard InChI is InChI=1S/C11H16N6O2S/c1-2-5-3-6-9(14-4-7(18)8(12)19)15-11(17-13)16-10(6)20-5/h3,7,18H,2,4,13H2,1H3,(H2,12,19)(H2,14,15,16,17). The number of hydrazine groups is 1. The number of carbonyl (C=O) groups is 1. The van der Waals surface area contributed by atoms with Crippen molar-refractivity contribution in [3.05, 3.63) is 10.9 Å². The van der Waals surface area contributed by atoms with Crippen LogP contribution in [0.3, 0.4) is 0 Å². The van der Waals surface area contributed by atoms with Crippen LogP contribution < -0.4 is 22.3 Å². The largest absolute Gasteiger partial charge is 0.381 e. The van der Waals surface area contributed by atoms with Crippen LogP contribution in [0.5, 0.6) is 0 Å². The van der Waals surface area contributed by atoms with Gasteiger partial charge in [-0.15, -0.1) is 11.3 Å². The normalized spacial score (nSPS) is 12.3. The van der Waals surface area contributed by atoms with Crippen molar-refractivity contribution in [2.24, 2.45) is 11.6 Å². The van der Waals surface area contributed by atoms with Crippen LogP contribution in [0, 0.1) is 0 Å². The van der Waals surface area contributed by atoms with Gasteiger partial charge in [0.15, 0.2) is 0 Å². The van der Waals surface area contributed by atoms with Crippen molar-refractivity contribution in [1.29, 1.82) is 0 Å². The van der Waals surface area contributed by atoms with Crippen molar-refractivity contribution in [3.8, 4) is 0 Å². The van der Waals surface area contributed by atoms with Crippen molar-refractivity contribution in [1.82, 2.24) is 9.97 Å². The number of amides is 1. The Morgan fingerprint density at radius 3 is 2.90 bits per heavy atom. The molecule has 0 fully saturated rings. The molecule has 0 saturated heterocycles. The molecule has 0 aliphatic heterocycles. The first-order chi connectivity index (χ1) is 9.55. The summed E-state index contributed by atoms with van der Waals surface area (Å²) in [4.78, 5) is 21.2. The van der Waals surface area contributed by atoms with E-state index in [0.717, 1.165) is 21.5 Å². The Kier molecular flexibility index (Phi) is 4.32. The summed E-state index contributed by atoms with van der Waals surface area (Å²) in [6.45, 7) is 2.02. The van der Waals surface area contributed by atoms with Crippen LogP contribution in [-0.4, -0.2) is 33.6 Å². The summed E-state index contributed by atoms with van der Waals surface area (Å²) in [5.41, 5.74) is 7.39. The average Bonchev–Trinajstić information content (AvgIpc) is 2.86. The van der Waals surface area contributed by atoms with Gasteiger partial charge >= 0.3 is 0 Å². The Hall–Kier alpha value is -1.97. The summed E-state index contributed by atoms with van der Waals surface area (Å²) in [5.74, 6) is 5.30. The smallest absolute Gasteiger partial charge is 0.248 e. The average molecular weight is 296 g/mol. The number of hydrogen-bond donors (Lipinski definition) is 5. The molecule has 1 unspecified atom stereocenters. The van der Waals surface area contributed by atoms with Crippen LogP contribution in [0.25, 0.3) is 10.2 Å². The van der Waals surface area contributed by atoms with Crippen LogP contribution in [0.1, 0.15) is 11.8 Å². The fraction of sp³-hybridized carbons (Fsp3) is 0.364. The third-order valence-corrected chi connectivity index (χ3v) is 3.89. The number of nitrogens with zero attached hydrogens (tertiary/aromatic N) is 2. The lowest BCUT2D eigenvalue weighted by Crippen LogP contribution is -2.34. The fourth-order valence-corrected chi connectivity index (χ4v) is 2.61. The van der Waals surface area contributed by atoms with E-state index in [4.69, 9.17) is 11.6 Å². The van der Waals surface area contributed by atoms with E-state index < -0.39 is 12.0 Å². The van der Waals surface area contributed by atoms with Crippen LogP contribution >= 0.6 is 11.3 Å². The van der Waals surface area contributed by atoms with Crippen molar-refractivity contribution < 1.29 is 9.90 Å². The van der Waals surface area contributed by atoms with Crippen LogP contribution in [0.4, 0.5) is 11.8 Å². The number of aliphatic hydroxyl groups is 1. The van der Waals surface area contributed by atoms with Gasteiger partial charge in [-0.3, -0.25) is 10.2 Å². The maximum Gasteiger partial charge on any atom is 0.248 e. The maximum atomic E-state index is 10.8. The lowest BCUT2D eigenvalue weighted by molar-refractivity contribution is -0.125. The van der Waals surface area contributed by atoms with Gasteiger partial charge in [0, 0.05) is 4.88 Å². The molecule has 0 aromatic carbocycles. The number of aryl methyl sites for hydroxylation is 1. The van der Waals surface area contributed by atoms with E-state index in [1.807, 2.05) is 13.0 Å². The van der Waals surface area contributed by atoms with Crippen LogP contribution in [-0.2, 0) is 11.2 Å². The molecule has 2 rings (SSSR count). The summed E-state index contributed by atoms with van der Waals surface area (Å²) in [6.07, 6.45) is -0.394. The first kappa shape index (κ1) is 14.4. The minimum Gasteiger partial charge on any atom is -0.381 e. The summed E-state index contributed by atoms with van der Waals surface area (Å²) >= 11 is 1.54. The molecule has 8 nitrogen and oxygen atoms in total. The highest BCUT2D eigenvalue weighted by atomic mass is 32.1. The predicted molar refractivity (Wildman–Crippen MR) is 78.3 cm³/mol. The highest BCUT2D eigenvalue weighted by Gasteiger charge is 2.14. The molecule has 0 spiro atoms. The van der Waals surface area contributed by atoms with Gasteiger partial charge in [-0.2, -0.15) is 4.98 Å². The van der Waals surface area contributed by atoms with Gasteiger partial charge in [0.1, 0.15) is 16.8 Å². The van der Waals surface area contributed by atoms with E-state index in [0.29, 0.717) is 5.82 Å². The molecule has 0 bridgehead atoms. The van der Waals surface area contributed by atoms with Crippen LogP contribution in [0.2, 0.25) is 0 Å². The second-order valence-electron chi connectivity index (χ2n) is 4.12. The molecule has 2 heterocycles. The van der Waals surface area contributed by atoms with Gasteiger partial charge < -0.3 is 16.2 Å². The summed E-state index contributed by atoms with van der Waals surface area (Å²) in [7, 11) is 0. The zero-order valence-corrected chi connectivity index (χ0v) is 11.7. The first-order valence-electron chi connectivity index (χ1n) is 6.03. The van der Waals surface area contributed by atoms with E-state index in [2.05, 4.69) is 20.7 Å². The van der Waals surface area contributed by atoms with Crippen molar-refractivity contribution in [2.75, 3.05) is 17.3 Å². The third kappa shape index (κ3) is 2.95. The number of nitrogen functional groups attached to an aromatic ring is 1. The molecule has 1 amide bonds. The topological polar surface area (TPSA) is 139 Å². The second-order valence-corrected chi connectivity index (χ2v) is 5.24. The van der Waals surface area contributed by atoms with Gasteiger partial charge in [-0.25, -0.2) is 10.8 Å². The summed E-state index contributed by atoms with van der Waals surface area (Å²) in [5, 5.41) is 13.1. The number of aliphatic hydroxyl groups excluding tert-OH is 1. The highest BCUT2D eigenvalue weighted by molar-refractivity contribution is 7.18. The number of hydrogen-bond acceptors (Lipinski definition) is 8. The van der Waals surface area contributed by atoms with E-state index in [-0.39, 0.29) is 12.5 Å². The second kappa shape index (κ2) is 5.99. The number of thiophene rings is 1. The molecule has 108 valence electrons. The van der Waals surface area contributed by atoms with Crippen molar-refractivity contribution in [3.63, 3.8) is 0 Å². The molecule has 0 aliphatic rings. The number of carbonyl (C=O) groups excluding carboxylic acids is 1. The van der Waals surface area contributed by atoms with E-state index >= 15 is 0 Å². The Bertz CT molecular complexity index is 629. The third-order valence-electron chi connectivity index (χ3n) is 2.71. The molecule has 9 heteroatoms. The highest BCUT2D eigenvalue weighted by Crippen LogP contribution is 2.30. The molecule has 2 aromatic rings. The fourth-order valence-electron chi connectivity index (χ4n) is 1.64. The number of nitrogens with two attached hydrogens (primary N) is 2. The molecule has 1 atom stereocenters. The molecular formula is C11H16N6O2S. The SMILES string of the molecule is CCc1cc2c(NCC(O)C(N)=O)nc(NN)nc2s1. The molecule has 7 N–H and O–H groups in total. The summed E-state index contributed by atoms with van der Waals surface area (Å²) in [6, 6.07) is 1.97. The van der Waals surface area contributed by atoms with E-state index in [9.17, 15) is 9.90 Å². The molecule has 0 aliphatic carbocycles. The van der Waals surface area contributed by atoms with Gasteiger partial charge in [0.05, 0.1) is 11.9 Å². The van der Waals surface area contributed by atoms with Gasteiger partial charge in [-0.05, 0) is 12.5 Å². The van der Waals surface area contributed by atoms with Gasteiger partial charge in [0.2, 0.25) is 11.9 Å². The number of anilines is 2. The molecule has 0 saturated carbocycles. The minimum absolute atomic E-state index is 0.0250. The Balaban J connectivity index is 2.34. The molecular weight excluding hydrogens is 280 g/mol. The molecule has 2 aromatic heterocycles. The lowest BCUT2D eigenvalue weighted by Gasteiger charge is -2.10. The number of aromatic nitrogens is 2. The van der Waals surface area contributed by atoms with Gasteiger partial charge in [-0.1, -0.05) is 6.92 Å². The number of primary amides is 1. The Morgan fingerprint density at radius 2 is 2.30 bits per heavy atom. The lowest BCUT2D eigenvalue weighted by atomic mass is 10.3. The minimum atomic E-state index is -1.28. The molecule has 20 heavy (non-hydrogen) atoms. The Morgan fingerprint density at radius 1 is 1.55 bits per heavy atom. The first-order valence-corrected chi connectivity index (χ1v) is 6.85. The number of fused-ring (bicyclic) bond motifs is 1. The van der Waals surface area contributed by atoms with Crippen molar-refractivity contribution >= 4 is 39.2 Å². The zero-order chi connectivity index (χ0) is 14.7. The number of rotatable bonds is 6. The quantitative estimate of drug-likeness (QED) is 0.367. The molecule has 0 radical (unpaired) electrons. The van der Waals surface area contributed by atoms with Crippen molar-refractivity contribution in [2.45, 2.75) is 19.4 Å². The Labute approximate surface area is 119 Å². The van der Waals surface area contributed by atoms with Gasteiger partial charge in [0.25, 0.3) is 0 Å². The van der Waals surface area contributed by atoms with Crippen LogP contribution in [0.15, 0.2) is 6.07 Å². The predicted octanol–water partition coefficient (Wildman–Crippen LogP) is -0.203. The maximum absolute atomic E-state index is 10.8. The van der Waals surface area contributed by atoms with E-state index in [1.54, 1.807) is 11.3 Å². The summed E-state index contributed by atoms with van der Waals surface area (Å²) < 4.78 is 0. The number of nitrogens with one attached hydrogen (secondary N) is 2.